The summed E-state index contributed by atoms with van der Waals surface area (Å²) in [5.74, 6) is 1.49. The molecule has 22 heavy (non-hydrogen) atoms. The summed E-state index contributed by atoms with van der Waals surface area (Å²) in [5.41, 5.74) is 1.24. The van der Waals surface area contributed by atoms with E-state index in [0.717, 1.165) is 19.5 Å². The van der Waals surface area contributed by atoms with E-state index in [1.165, 1.54) is 6.42 Å². The molecule has 1 fully saturated rings. The maximum atomic E-state index is 12.4. The first-order chi connectivity index (χ1) is 10.7. The lowest BCUT2D eigenvalue weighted by atomic mass is 10.0. The summed E-state index contributed by atoms with van der Waals surface area (Å²) in [7, 11) is 0. The molecule has 2 heterocycles. The SMILES string of the molecule is Cc1noc(-c2ccccc2C(=O)NCCC2CCNC2)n1. The lowest BCUT2D eigenvalue weighted by Gasteiger charge is -2.10. The molecule has 1 amide bonds. The van der Waals surface area contributed by atoms with Gasteiger partial charge >= 0.3 is 0 Å². The molecule has 3 rings (SSSR count). The summed E-state index contributed by atoms with van der Waals surface area (Å²) in [4.78, 5) is 16.6. The summed E-state index contributed by atoms with van der Waals surface area (Å²) in [6.45, 7) is 4.57. The number of rotatable bonds is 5. The summed E-state index contributed by atoms with van der Waals surface area (Å²) in [5, 5.41) is 10.1. The van der Waals surface area contributed by atoms with Gasteiger partial charge in [0.15, 0.2) is 5.82 Å². The zero-order chi connectivity index (χ0) is 15.4. The van der Waals surface area contributed by atoms with Crippen molar-refractivity contribution in [2.45, 2.75) is 19.8 Å². The van der Waals surface area contributed by atoms with Crippen molar-refractivity contribution in [1.29, 1.82) is 0 Å². The molecule has 1 aromatic carbocycles. The molecule has 1 unspecified atom stereocenters. The smallest absolute Gasteiger partial charge is 0.258 e. The van der Waals surface area contributed by atoms with Crippen LogP contribution in [0, 0.1) is 12.8 Å². The number of aryl methyl sites for hydroxylation is 1. The Hall–Kier alpha value is -2.21. The van der Waals surface area contributed by atoms with Gasteiger partial charge in [-0.25, -0.2) is 0 Å². The Balaban J connectivity index is 1.67. The van der Waals surface area contributed by atoms with Crippen molar-refractivity contribution in [3.63, 3.8) is 0 Å². The summed E-state index contributed by atoms with van der Waals surface area (Å²) in [6.07, 6.45) is 2.19. The van der Waals surface area contributed by atoms with E-state index in [1.807, 2.05) is 18.2 Å². The fraction of sp³-hybridized carbons (Fsp3) is 0.438. The molecular formula is C16H20N4O2. The van der Waals surface area contributed by atoms with Gasteiger partial charge in [0.25, 0.3) is 11.8 Å². The molecule has 1 saturated heterocycles. The van der Waals surface area contributed by atoms with Crippen molar-refractivity contribution in [2.75, 3.05) is 19.6 Å². The third kappa shape index (κ3) is 3.33. The maximum absolute atomic E-state index is 12.4. The Labute approximate surface area is 129 Å². The molecule has 1 aliphatic rings. The molecule has 116 valence electrons. The van der Waals surface area contributed by atoms with E-state index in [-0.39, 0.29) is 5.91 Å². The number of amides is 1. The monoisotopic (exact) mass is 300 g/mol. The van der Waals surface area contributed by atoms with Gasteiger partial charge in [-0.1, -0.05) is 17.3 Å². The van der Waals surface area contributed by atoms with Crippen molar-refractivity contribution >= 4 is 5.91 Å². The van der Waals surface area contributed by atoms with Crippen LogP contribution in [-0.4, -0.2) is 35.7 Å². The normalized spacial score (nSPS) is 17.6. The lowest BCUT2D eigenvalue weighted by molar-refractivity contribution is 0.0952. The van der Waals surface area contributed by atoms with Gasteiger partial charge < -0.3 is 15.2 Å². The largest absolute Gasteiger partial charge is 0.352 e. The second-order valence-corrected chi connectivity index (χ2v) is 5.60. The molecule has 6 heteroatoms. The molecule has 0 radical (unpaired) electrons. The van der Waals surface area contributed by atoms with Crippen molar-refractivity contribution in [3.8, 4) is 11.5 Å². The van der Waals surface area contributed by atoms with Gasteiger partial charge in [-0.05, 0) is 50.9 Å². The Morgan fingerprint density at radius 3 is 3.05 bits per heavy atom. The van der Waals surface area contributed by atoms with Crippen LogP contribution in [-0.2, 0) is 0 Å². The highest BCUT2D eigenvalue weighted by Crippen LogP contribution is 2.22. The highest BCUT2D eigenvalue weighted by molar-refractivity contribution is 5.99. The number of carbonyl (C=O) groups is 1. The van der Waals surface area contributed by atoms with E-state index in [9.17, 15) is 4.79 Å². The van der Waals surface area contributed by atoms with Crippen molar-refractivity contribution in [3.05, 3.63) is 35.7 Å². The maximum Gasteiger partial charge on any atom is 0.258 e. The van der Waals surface area contributed by atoms with Crippen molar-refractivity contribution in [1.82, 2.24) is 20.8 Å². The zero-order valence-electron chi connectivity index (χ0n) is 12.6. The minimum atomic E-state index is -0.0996. The van der Waals surface area contributed by atoms with E-state index < -0.39 is 0 Å². The van der Waals surface area contributed by atoms with Crippen LogP contribution >= 0.6 is 0 Å². The van der Waals surface area contributed by atoms with Gasteiger partial charge in [-0.2, -0.15) is 4.98 Å². The van der Waals surface area contributed by atoms with E-state index in [4.69, 9.17) is 4.52 Å². The summed E-state index contributed by atoms with van der Waals surface area (Å²) in [6, 6.07) is 7.29. The van der Waals surface area contributed by atoms with E-state index in [0.29, 0.717) is 35.3 Å². The van der Waals surface area contributed by atoms with Gasteiger partial charge in [0.2, 0.25) is 0 Å². The molecule has 0 aliphatic carbocycles. The lowest BCUT2D eigenvalue weighted by Crippen LogP contribution is -2.26. The van der Waals surface area contributed by atoms with Crippen LogP contribution in [0.5, 0.6) is 0 Å². The van der Waals surface area contributed by atoms with Crippen LogP contribution in [0.15, 0.2) is 28.8 Å². The Kier molecular flexibility index (Phi) is 4.48. The van der Waals surface area contributed by atoms with Crippen LogP contribution in [0.1, 0.15) is 29.0 Å². The minimum absolute atomic E-state index is 0.0996. The third-order valence-corrected chi connectivity index (χ3v) is 3.93. The van der Waals surface area contributed by atoms with Gasteiger partial charge in [-0.15, -0.1) is 0 Å². The summed E-state index contributed by atoms with van der Waals surface area (Å²) < 4.78 is 5.18. The number of hydrogen-bond acceptors (Lipinski definition) is 5. The highest BCUT2D eigenvalue weighted by atomic mass is 16.5. The predicted octanol–water partition coefficient (Wildman–Crippen LogP) is 1.77. The Morgan fingerprint density at radius 2 is 2.32 bits per heavy atom. The number of hydrogen-bond donors (Lipinski definition) is 2. The van der Waals surface area contributed by atoms with Crippen LogP contribution in [0.25, 0.3) is 11.5 Å². The van der Waals surface area contributed by atoms with Crippen LogP contribution in [0.4, 0.5) is 0 Å². The topological polar surface area (TPSA) is 80.0 Å². The second kappa shape index (κ2) is 6.70. The molecule has 0 saturated carbocycles. The zero-order valence-corrected chi connectivity index (χ0v) is 12.6. The van der Waals surface area contributed by atoms with E-state index in [1.54, 1.807) is 13.0 Å². The fourth-order valence-corrected chi connectivity index (χ4v) is 2.72. The van der Waals surface area contributed by atoms with Gasteiger partial charge in [-0.3, -0.25) is 4.79 Å². The van der Waals surface area contributed by atoms with E-state index in [2.05, 4.69) is 20.8 Å². The highest BCUT2D eigenvalue weighted by Gasteiger charge is 2.18. The van der Waals surface area contributed by atoms with E-state index >= 15 is 0 Å². The average Bonchev–Trinajstić information content (AvgIpc) is 3.19. The number of benzene rings is 1. The second-order valence-electron chi connectivity index (χ2n) is 5.60. The van der Waals surface area contributed by atoms with Gasteiger partial charge in [0.05, 0.1) is 11.1 Å². The third-order valence-electron chi connectivity index (χ3n) is 3.93. The quantitative estimate of drug-likeness (QED) is 0.879. The number of nitrogens with zero attached hydrogens (tertiary/aromatic N) is 2. The number of carbonyl (C=O) groups excluding carboxylic acids is 1. The minimum Gasteiger partial charge on any atom is -0.352 e. The van der Waals surface area contributed by atoms with Crippen LogP contribution < -0.4 is 10.6 Å². The molecular weight excluding hydrogens is 280 g/mol. The number of aromatic nitrogens is 2. The molecule has 6 nitrogen and oxygen atoms in total. The molecule has 2 N–H and O–H groups in total. The first-order valence-corrected chi connectivity index (χ1v) is 7.62. The molecule has 2 aromatic rings. The average molecular weight is 300 g/mol. The summed E-state index contributed by atoms with van der Waals surface area (Å²) >= 11 is 0. The fourth-order valence-electron chi connectivity index (χ4n) is 2.72. The van der Waals surface area contributed by atoms with Crippen LogP contribution in [0.3, 0.4) is 0 Å². The number of nitrogens with one attached hydrogen (secondary N) is 2. The molecule has 0 spiro atoms. The first-order valence-electron chi connectivity index (χ1n) is 7.62. The molecule has 0 bridgehead atoms. The molecule has 1 aromatic heterocycles. The molecule has 1 atom stereocenters. The predicted molar refractivity (Wildman–Crippen MR) is 82.4 cm³/mol. The van der Waals surface area contributed by atoms with Crippen LogP contribution in [0.2, 0.25) is 0 Å². The van der Waals surface area contributed by atoms with Gasteiger partial charge in [0, 0.05) is 6.54 Å². The standard InChI is InChI=1S/C16H20N4O2/c1-11-19-16(22-20-11)14-5-3-2-4-13(14)15(21)18-9-7-12-6-8-17-10-12/h2-5,12,17H,6-10H2,1H3,(H,18,21). The van der Waals surface area contributed by atoms with Crippen molar-refractivity contribution in [2.24, 2.45) is 5.92 Å². The van der Waals surface area contributed by atoms with Gasteiger partial charge in [0.1, 0.15) is 0 Å². The van der Waals surface area contributed by atoms with Crippen molar-refractivity contribution < 1.29 is 9.32 Å². The Morgan fingerprint density at radius 1 is 1.45 bits per heavy atom. The first kappa shape index (κ1) is 14.7. The molecule has 1 aliphatic heterocycles. The Bertz CT molecular complexity index is 647.